The molecule has 1 aromatic carbocycles. The molecule has 0 saturated heterocycles. The van der Waals surface area contributed by atoms with Crippen molar-refractivity contribution in [1.82, 2.24) is 5.32 Å². The summed E-state index contributed by atoms with van der Waals surface area (Å²) in [6.45, 7) is -1.98. The molecule has 0 aliphatic heterocycles. The zero-order chi connectivity index (χ0) is 14.6. The molecule has 0 aromatic heterocycles. The van der Waals surface area contributed by atoms with Crippen molar-refractivity contribution in [2.45, 2.75) is 6.18 Å². The van der Waals surface area contributed by atoms with Crippen LogP contribution in [-0.2, 0) is 4.79 Å². The zero-order valence-corrected chi connectivity index (χ0v) is 10.8. The van der Waals surface area contributed by atoms with Crippen LogP contribution in [0.4, 0.5) is 27.6 Å². The number of carbonyl (C=O) groups is 1. The van der Waals surface area contributed by atoms with Crippen LogP contribution in [0.25, 0.3) is 0 Å². The fraction of sp³-hybridized carbons (Fsp3) is 0.300. The van der Waals surface area contributed by atoms with Crippen molar-refractivity contribution in [3.63, 3.8) is 0 Å². The fourth-order valence-corrected chi connectivity index (χ4v) is 1.47. The minimum atomic E-state index is -4.44. The molecule has 2 N–H and O–H groups in total. The Morgan fingerprint density at radius 2 is 1.84 bits per heavy atom. The summed E-state index contributed by atoms with van der Waals surface area (Å²) in [6, 6.07) is 1.52. The molecular weight excluding hydrogens is 339 g/mol. The Hall–Kier alpha value is -1.22. The molecule has 0 aliphatic rings. The summed E-state index contributed by atoms with van der Waals surface area (Å²) in [7, 11) is 0. The lowest BCUT2D eigenvalue weighted by atomic mass is 10.3. The van der Waals surface area contributed by atoms with Gasteiger partial charge in [-0.05, 0) is 22.0 Å². The Kier molecular flexibility index (Phi) is 5.24. The first-order chi connectivity index (χ1) is 8.69. The number of hydrogen-bond acceptors (Lipinski definition) is 2. The largest absolute Gasteiger partial charge is 0.401 e. The van der Waals surface area contributed by atoms with Crippen molar-refractivity contribution in [1.29, 1.82) is 0 Å². The van der Waals surface area contributed by atoms with Crippen LogP contribution < -0.4 is 10.6 Å². The van der Waals surface area contributed by atoms with E-state index in [4.69, 9.17) is 0 Å². The third-order valence-electron chi connectivity index (χ3n) is 1.90. The minimum absolute atomic E-state index is 0.0764. The number of amides is 1. The molecule has 3 nitrogen and oxygen atoms in total. The Labute approximate surface area is 113 Å². The highest BCUT2D eigenvalue weighted by Crippen LogP contribution is 2.23. The summed E-state index contributed by atoms with van der Waals surface area (Å²) in [4.78, 5) is 11.2. The van der Waals surface area contributed by atoms with Gasteiger partial charge in [0.05, 0.1) is 23.2 Å². The lowest BCUT2D eigenvalue weighted by Crippen LogP contribution is -2.35. The molecule has 0 radical (unpaired) electrons. The van der Waals surface area contributed by atoms with Gasteiger partial charge in [0.2, 0.25) is 5.91 Å². The molecule has 1 amide bonds. The van der Waals surface area contributed by atoms with Gasteiger partial charge < -0.3 is 10.6 Å². The monoisotopic (exact) mass is 346 g/mol. The van der Waals surface area contributed by atoms with Crippen molar-refractivity contribution >= 4 is 27.5 Å². The van der Waals surface area contributed by atoms with Gasteiger partial charge in [-0.15, -0.1) is 0 Å². The molecule has 0 unspecified atom stereocenters. The van der Waals surface area contributed by atoms with E-state index < -0.39 is 36.8 Å². The van der Waals surface area contributed by atoms with Gasteiger partial charge in [-0.25, -0.2) is 8.78 Å². The highest BCUT2D eigenvalue weighted by Gasteiger charge is 2.26. The third-order valence-corrected chi connectivity index (χ3v) is 2.50. The quantitative estimate of drug-likeness (QED) is 0.650. The Bertz CT molecular complexity index is 478. The highest BCUT2D eigenvalue weighted by atomic mass is 79.9. The molecule has 0 heterocycles. The molecule has 1 rings (SSSR count). The van der Waals surface area contributed by atoms with E-state index in [1.165, 1.54) is 0 Å². The fourth-order valence-electron chi connectivity index (χ4n) is 1.13. The van der Waals surface area contributed by atoms with Gasteiger partial charge in [0.25, 0.3) is 0 Å². The second-order valence-electron chi connectivity index (χ2n) is 3.51. The van der Waals surface area contributed by atoms with E-state index in [0.717, 1.165) is 6.07 Å². The molecule has 0 saturated carbocycles. The first-order valence-corrected chi connectivity index (χ1v) is 5.70. The van der Waals surface area contributed by atoms with Gasteiger partial charge in [0.15, 0.2) is 0 Å². The molecular formula is C10H8BrF5N2O. The van der Waals surface area contributed by atoms with Gasteiger partial charge in [-0.1, -0.05) is 0 Å². The predicted molar refractivity (Wildman–Crippen MR) is 61.6 cm³/mol. The second kappa shape index (κ2) is 6.29. The summed E-state index contributed by atoms with van der Waals surface area (Å²) in [5, 5.41) is 3.87. The number of halogens is 6. The molecule has 0 bridgehead atoms. The second-order valence-corrected chi connectivity index (χ2v) is 4.37. The lowest BCUT2D eigenvalue weighted by Gasteiger charge is -2.10. The minimum Gasteiger partial charge on any atom is -0.322 e. The summed E-state index contributed by atoms with van der Waals surface area (Å²) in [6.07, 6.45) is -4.44. The first kappa shape index (κ1) is 15.8. The van der Waals surface area contributed by atoms with Crippen LogP contribution in [0, 0.1) is 11.6 Å². The van der Waals surface area contributed by atoms with Crippen molar-refractivity contribution in [3.8, 4) is 0 Å². The van der Waals surface area contributed by atoms with E-state index in [0.29, 0.717) is 6.07 Å². The normalized spacial score (nSPS) is 11.5. The number of benzene rings is 1. The maximum atomic E-state index is 13.2. The topological polar surface area (TPSA) is 41.1 Å². The number of alkyl halides is 3. The van der Waals surface area contributed by atoms with E-state index in [1.54, 1.807) is 0 Å². The van der Waals surface area contributed by atoms with Crippen LogP contribution >= 0.6 is 15.9 Å². The van der Waals surface area contributed by atoms with Gasteiger partial charge in [-0.3, -0.25) is 4.79 Å². The van der Waals surface area contributed by atoms with Crippen molar-refractivity contribution < 1.29 is 26.7 Å². The number of hydrogen-bond donors (Lipinski definition) is 2. The average Bonchev–Trinajstić information content (AvgIpc) is 2.24. The molecule has 0 atom stereocenters. The van der Waals surface area contributed by atoms with E-state index >= 15 is 0 Å². The van der Waals surface area contributed by atoms with Crippen molar-refractivity contribution in [3.05, 3.63) is 28.2 Å². The van der Waals surface area contributed by atoms with Crippen molar-refractivity contribution in [2.24, 2.45) is 0 Å². The van der Waals surface area contributed by atoms with Crippen LogP contribution in [0.1, 0.15) is 0 Å². The SMILES string of the molecule is O=C(CNCC(F)(F)F)Nc1cc(Br)c(F)cc1F. The van der Waals surface area contributed by atoms with Gasteiger partial charge in [0, 0.05) is 6.07 Å². The van der Waals surface area contributed by atoms with Gasteiger partial charge in [0.1, 0.15) is 11.6 Å². The predicted octanol–water partition coefficient (Wildman–Crippen LogP) is 2.82. The van der Waals surface area contributed by atoms with E-state index in [9.17, 15) is 26.7 Å². The molecule has 106 valence electrons. The van der Waals surface area contributed by atoms with Crippen LogP contribution in [0.3, 0.4) is 0 Å². The maximum Gasteiger partial charge on any atom is 0.401 e. The Morgan fingerprint density at radius 1 is 1.21 bits per heavy atom. The third kappa shape index (κ3) is 5.52. The van der Waals surface area contributed by atoms with Gasteiger partial charge >= 0.3 is 6.18 Å². The summed E-state index contributed by atoms with van der Waals surface area (Å²) in [5.41, 5.74) is -0.327. The van der Waals surface area contributed by atoms with Crippen LogP contribution in [0.2, 0.25) is 0 Å². The molecule has 0 fully saturated rings. The lowest BCUT2D eigenvalue weighted by molar-refractivity contribution is -0.126. The van der Waals surface area contributed by atoms with E-state index in [-0.39, 0.29) is 10.2 Å². The molecule has 9 heteroatoms. The summed E-state index contributed by atoms with van der Waals surface area (Å²) >= 11 is 2.79. The van der Waals surface area contributed by atoms with Crippen LogP contribution in [0.15, 0.2) is 16.6 Å². The van der Waals surface area contributed by atoms with Crippen molar-refractivity contribution in [2.75, 3.05) is 18.4 Å². The highest BCUT2D eigenvalue weighted by molar-refractivity contribution is 9.10. The number of carbonyl (C=O) groups excluding carboxylic acids is 1. The molecule has 1 aromatic rings. The molecule has 19 heavy (non-hydrogen) atoms. The average molecular weight is 347 g/mol. The zero-order valence-electron chi connectivity index (χ0n) is 9.24. The first-order valence-electron chi connectivity index (χ1n) is 4.91. The van der Waals surface area contributed by atoms with E-state index in [2.05, 4.69) is 15.9 Å². The molecule has 0 aliphatic carbocycles. The number of anilines is 1. The standard InChI is InChI=1S/C10H8BrF5N2O/c11-5-1-8(7(13)2-6(5)12)18-9(19)3-17-4-10(14,15)16/h1-2,17H,3-4H2,(H,18,19). The summed E-state index contributed by atoms with van der Waals surface area (Å²) in [5.74, 6) is -2.75. The Morgan fingerprint density at radius 3 is 2.42 bits per heavy atom. The Balaban J connectivity index is 2.56. The van der Waals surface area contributed by atoms with Crippen LogP contribution in [-0.4, -0.2) is 25.2 Å². The van der Waals surface area contributed by atoms with Gasteiger partial charge in [-0.2, -0.15) is 13.2 Å². The number of nitrogens with one attached hydrogen (secondary N) is 2. The maximum absolute atomic E-state index is 13.2. The van der Waals surface area contributed by atoms with Crippen LogP contribution in [0.5, 0.6) is 0 Å². The smallest absolute Gasteiger partial charge is 0.322 e. The number of rotatable bonds is 4. The van der Waals surface area contributed by atoms with E-state index in [1.807, 2.05) is 10.6 Å². The molecule has 0 spiro atoms. The summed E-state index contributed by atoms with van der Waals surface area (Å²) < 4.78 is 61.4.